The predicted molar refractivity (Wildman–Crippen MR) is 80.5 cm³/mol. The molecule has 1 amide bonds. The number of likely N-dealkylation sites (N-methyl/N-ethyl adjacent to an activating group) is 1. The lowest BCUT2D eigenvalue weighted by Gasteiger charge is -2.34. The molecule has 1 aromatic heterocycles. The standard InChI is InChI=1S/C15H24N4O/c1-4-19-12-14(11-16-19)15(20)17(3)9-10-18-8-6-5-7-13(18)2/h4,11-13H,1,5-10H2,2-3H3/t13-/m1/s1. The number of aromatic nitrogens is 2. The molecule has 1 saturated heterocycles. The smallest absolute Gasteiger partial charge is 0.256 e. The molecule has 0 radical (unpaired) electrons. The molecule has 20 heavy (non-hydrogen) atoms. The van der Waals surface area contributed by atoms with Crippen molar-refractivity contribution in [3.8, 4) is 0 Å². The third-order valence-corrected chi connectivity index (χ3v) is 4.05. The van der Waals surface area contributed by atoms with Crippen molar-refractivity contribution >= 4 is 12.1 Å². The lowest BCUT2D eigenvalue weighted by Crippen LogP contribution is -2.42. The van der Waals surface area contributed by atoms with Crippen LogP contribution in [0.3, 0.4) is 0 Å². The lowest BCUT2D eigenvalue weighted by atomic mass is 10.0. The molecule has 5 nitrogen and oxygen atoms in total. The summed E-state index contributed by atoms with van der Waals surface area (Å²) >= 11 is 0. The van der Waals surface area contributed by atoms with Gasteiger partial charge in [0.2, 0.25) is 0 Å². The van der Waals surface area contributed by atoms with Gasteiger partial charge in [-0.05, 0) is 26.3 Å². The Morgan fingerprint density at radius 1 is 1.60 bits per heavy atom. The van der Waals surface area contributed by atoms with Crippen molar-refractivity contribution in [1.29, 1.82) is 0 Å². The van der Waals surface area contributed by atoms with Crippen molar-refractivity contribution in [2.75, 3.05) is 26.7 Å². The maximum atomic E-state index is 12.2. The van der Waals surface area contributed by atoms with E-state index in [9.17, 15) is 4.79 Å². The molecule has 1 atom stereocenters. The van der Waals surface area contributed by atoms with Crippen LogP contribution in [0.15, 0.2) is 19.0 Å². The molecule has 5 heteroatoms. The van der Waals surface area contributed by atoms with E-state index in [1.165, 1.54) is 19.3 Å². The Labute approximate surface area is 120 Å². The quantitative estimate of drug-likeness (QED) is 0.825. The molecule has 0 saturated carbocycles. The number of nitrogens with zero attached hydrogens (tertiary/aromatic N) is 4. The first-order valence-corrected chi connectivity index (χ1v) is 7.28. The van der Waals surface area contributed by atoms with Gasteiger partial charge < -0.3 is 4.90 Å². The van der Waals surface area contributed by atoms with Crippen LogP contribution in [-0.2, 0) is 0 Å². The van der Waals surface area contributed by atoms with Crippen LogP contribution >= 0.6 is 0 Å². The first-order chi connectivity index (χ1) is 9.61. The highest BCUT2D eigenvalue weighted by atomic mass is 16.2. The Morgan fingerprint density at radius 2 is 2.40 bits per heavy atom. The highest BCUT2D eigenvalue weighted by Crippen LogP contribution is 2.15. The normalized spacial score (nSPS) is 19.8. The van der Waals surface area contributed by atoms with Gasteiger partial charge in [0.15, 0.2) is 0 Å². The summed E-state index contributed by atoms with van der Waals surface area (Å²) in [6.45, 7) is 8.74. The molecule has 0 spiro atoms. The van der Waals surface area contributed by atoms with E-state index < -0.39 is 0 Å². The van der Waals surface area contributed by atoms with E-state index in [0.29, 0.717) is 11.6 Å². The highest BCUT2D eigenvalue weighted by molar-refractivity contribution is 5.93. The van der Waals surface area contributed by atoms with Crippen LogP contribution in [0, 0.1) is 0 Å². The van der Waals surface area contributed by atoms with E-state index in [4.69, 9.17) is 0 Å². The number of hydrogen-bond acceptors (Lipinski definition) is 3. The van der Waals surface area contributed by atoms with Crippen molar-refractivity contribution in [3.63, 3.8) is 0 Å². The van der Waals surface area contributed by atoms with E-state index in [1.54, 1.807) is 28.2 Å². The molecule has 1 fully saturated rings. The zero-order chi connectivity index (χ0) is 14.5. The van der Waals surface area contributed by atoms with Gasteiger partial charge in [0, 0.05) is 38.6 Å². The van der Waals surface area contributed by atoms with Gasteiger partial charge in [0.25, 0.3) is 5.91 Å². The van der Waals surface area contributed by atoms with Crippen LogP contribution in [0.1, 0.15) is 36.5 Å². The van der Waals surface area contributed by atoms with E-state index in [-0.39, 0.29) is 5.91 Å². The van der Waals surface area contributed by atoms with Crippen LogP contribution in [0.5, 0.6) is 0 Å². The average Bonchev–Trinajstić information content (AvgIpc) is 2.94. The summed E-state index contributed by atoms with van der Waals surface area (Å²) in [4.78, 5) is 16.5. The maximum Gasteiger partial charge on any atom is 0.256 e. The first kappa shape index (κ1) is 14.8. The molecule has 1 aliphatic rings. The van der Waals surface area contributed by atoms with Crippen LogP contribution in [0.25, 0.3) is 6.20 Å². The summed E-state index contributed by atoms with van der Waals surface area (Å²) in [5.41, 5.74) is 0.610. The maximum absolute atomic E-state index is 12.2. The Kier molecular flexibility index (Phi) is 4.95. The van der Waals surface area contributed by atoms with Crippen LogP contribution in [0.2, 0.25) is 0 Å². The molecule has 2 heterocycles. The minimum Gasteiger partial charge on any atom is -0.340 e. The van der Waals surface area contributed by atoms with E-state index in [0.717, 1.165) is 19.6 Å². The Balaban J connectivity index is 1.86. The monoisotopic (exact) mass is 276 g/mol. The minimum absolute atomic E-state index is 0.0164. The molecule has 1 aromatic rings. The Hall–Kier alpha value is -1.62. The van der Waals surface area contributed by atoms with Gasteiger partial charge >= 0.3 is 0 Å². The molecular weight excluding hydrogens is 252 g/mol. The topological polar surface area (TPSA) is 41.4 Å². The second kappa shape index (κ2) is 6.70. The zero-order valence-corrected chi connectivity index (χ0v) is 12.5. The molecule has 0 unspecified atom stereocenters. The third kappa shape index (κ3) is 3.48. The second-order valence-corrected chi connectivity index (χ2v) is 5.50. The second-order valence-electron chi connectivity index (χ2n) is 5.50. The van der Waals surface area contributed by atoms with Crippen LogP contribution in [-0.4, -0.2) is 58.2 Å². The van der Waals surface area contributed by atoms with Crippen molar-refractivity contribution in [2.45, 2.75) is 32.2 Å². The minimum atomic E-state index is 0.0164. The number of carbonyl (C=O) groups excluding carboxylic acids is 1. The van der Waals surface area contributed by atoms with Gasteiger partial charge in [0.1, 0.15) is 0 Å². The number of carbonyl (C=O) groups is 1. The van der Waals surface area contributed by atoms with Crippen LogP contribution in [0.4, 0.5) is 0 Å². The van der Waals surface area contributed by atoms with Crippen LogP contribution < -0.4 is 0 Å². The molecule has 0 aromatic carbocycles. The average molecular weight is 276 g/mol. The predicted octanol–water partition coefficient (Wildman–Crippen LogP) is 1.93. The molecule has 1 aliphatic heterocycles. The molecule has 0 bridgehead atoms. The fraction of sp³-hybridized carbons (Fsp3) is 0.600. The van der Waals surface area contributed by atoms with Gasteiger partial charge in [-0.25, -0.2) is 4.68 Å². The highest BCUT2D eigenvalue weighted by Gasteiger charge is 2.20. The number of amides is 1. The largest absolute Gasteiger partial charge is 0.340 e. The van der Waals surface area contributed by atoms with Crippen molar-refractivity contribution < 1.29 is 4.79 Å². The van der Waals surface area contributed by atoms with E-state index in [1.807, 2.05) is 7.05 Å². The summed E-state index contributed by atoms with van der Waals surface area (Å²) < 4.78 is 1.55. The Morgan fingerprint density at radius 3 is 3.05 bits per heavy atom. The first-order valence-electron chi connectivity index (χ1n) is 7.28. The SMILES string of the molecule is C=Cn1cc(C(=O)N(C)CCN2CCCC[C@H]2C)cn1. The van der Waals surface area contributed by atoms with E-state index in [2.05, 4.69) is 23.5 Å². The molecule has 0 aliphatic carbocycles. The number of piperidine rings is 1. The van der Waals surface area contributed by atoms with Gasteiger partial charge in [-0.15, -0.1) is 0 Å². The van der Waals surface area contributed by atoms with Gasteiger partial charge in [0.05, 0.1) is 11.8 Å². The zero-order valence-electron chi connectivity index (χ0n) is 12.5. The Bertz CT molecular complexity index is 468. The van der Waals surface area contributed by atoms with Crippen molar-refractivity contribution in [3.05, 3.63) is 24.5 Å². The molecule has 2 rings (SSSR count). The summed E-state index contributed by atoms with van der Waals surface area (Å²) in [6, 6.07) is 0.635. The van der Waals surface area contributed by atoms with E-state index >= 15 is 0 Å². The summed E-state index contributed by atoms with van der Waals surface area (Å²) in [7, 11) is 1.85. The van der Waals surface area contributed by atoms with Crippen molar-refractivity contribution in [1.82, 2.24) is 19.6 Å². The molecular formula is C15H24N4O. The van der Waals surface area contributed by atoms with Crippen molar-refractivity contribution in [2.24, 2.45) is 0 Å². The lowest BCUT2D eigenvalue weighted by molar-refractivity contribution is 0.0752. The molecule has 0 N–H and O–H groups in total. The number of likely N-dealkylation sites (tertiary alicyclic amines) is 1. The summed E-state index contributed by atoms with van der Waals surface area (Å²) in [5.74, 6) is 0.0164. The number of hydrogen-bond donors (Lipinski definition) is 0. The van der Waals surface area contributed by atoms with Gasteiger partial charge in [-0.2, -0.15) is 5.10 Å². The summed E-state index contributed by atoms with van der Waals surface area (Å²) in [6.07, 6.45) is 8.73. The fourth-order valence-corrected chi connectivity index (χ4v) is 2.64. The third-order valence-electron chi connectivity index (χ3n) is 4.05. The van der Waals surface area contributed by atoms with Gasteiger partial charge in [-0.3, -0.25) is 9.69 Å². The number of rotatable bonds is 5. The van der Waals surface area contributed by atoms with Gasteiger partial charge in [-0.1, -0.05) is 13.0 Å². The molecule has 110 valence electrons. The summed E-state index contributed by atoms with van der Waals surface area (Å²) in [5, 5.41) is 4.04. The fourth-order valence-electron chi connectivity index (χ4n) is 2.64.